The van der Waals surface area contributed by atoms with Gasteiger partial charge in [-0.05, 0) is 30.5 Å². The molecule has 1 aromatic carbocycles. The fourth-order valence-electron chi connectivity index (χ4n) is 2.04. The number of fused-ring (bicyclic) bond motifs is 1. The van der Waals surface area contributed by atoms with Gasteiger partial charge in [0.15, 0.2) is 0 Å². The van der Waals surface area contributed by atoms with Gasteiger partial charge in [-0.2, -0.15) is 0 Å². The van der Waals surface area contributed by atoms with Crippen molar-refractivity contribution in [2.24, 2.45) is 11.7 Å². The zero-order chi connectivity index (χ0) is 15.6. The van der Waals surface area contributed by atoms with Crippen LogP contribution in [-0.4, -0.2) is 21.9 Å². The van der Waals surface area contributed by atoms with E-state index in [1.54, 1.807) is 18.2 Å². The maximum Gasteiger partial charge on any atom is 0.314 e. The molecular weight excluding hydrogens is 272 g/mol. The van der Waals surface area contributed by atoms with Crippen LogP contribution in [-0.2, 0) is 4.79 Å². The molecule has 0 radical (unpaired) electrons. The Morgan fingerprint density at radius 2 is 1.81 bits per heavy atom. The molecule has 0 aliphatic carbocycles. The standard InChI is InChI=1S/C14H18N4O3/c1-7(2)5-9(15)12(19)16-8-3-4-10-11(6-8)18-14(21)13(20)17-10/h3-4,6-7,9H,5,15H2,1-2H3,(H,16,19)(H,17,20)(H,18,21)/t9-/m0/s1. The number of nitrogens with one attached hydrogen (secondary N) is 3. The number of anilines is 1. The first-order valence-corrected chi connectivity index (χ1v) is 6.69. The molecule has 1 aromatic heterocycles. The first-order valence-electron chi connectivity index (χ1n) is 6.69. The smallest absolute Gasteiger partial charge is 0.314 e. The minimum Gasteiger partial charge on any atom is -0.325 e. The normalized spacial score (nSPS) is 12.6. The van der Waals surface area contributed by atoms with Crippen molar-refractivity contribution in [3.8, 4) is 0 Å². The number of hydrogen-bond acceptors (Lipinski definition) is 4. The van der Waals surface area contributed by atoms with E-state index in [1.165, 1.54) is 0 Å². The zero-order valence-corrected chi connectivity index (χ0v) is 11.9. The number of nitrogens with two attached hydrogens (primary N) is 1. The summed E-state index contributed by atoms with van der Waals surface area (Å²) in [4.78, 5) is 39.3. The molecule has 7 nitrogen and oxygen atoms in total. The summed E-state index contributed by atoms with van der Waals surface area (Å²) in [6, 6.07) is 4.23. The molecule has 2 aromatic rings. The summed E-state index contributed by atoms with van der Waals surface area (Å²) in [7, 11) is 0. The summed E-state index contributed by atoms with van der Waals surface area (Å²) in [5.74, 6) is 0.0404. The van der Waals surface area contributed by atoms with Crippen molar-refractivity contribution in [2.75, 3.05) is 5.32 Å². The summed E-state index contributed by atoms with van der Waals surface area (Å²) in [5.41, 5.74) is 5.80. The molecule has 1 amide bonds. The van der Waals surface area contributed by atoms with E-state index in [0.717, 1.165) is 0 Å². The highest BCUT2D eigenvalue weighted by Gasteiger charge is 2.15. The van der Waals surface area contributed by atoms with Gasteiger partial charge in [0.25, 0.3) is 0 Å². The predicted molar refractivity (Wildman–Crippen MR) is 81.2 cm³/mol. The Hall–Kier alpha value is -2.41. The molecule has 1 atom stereocenters. The fraction of sp³-hybridized carbons (Fsp3) is 0.357. The predicted octanol–water partition coefficient (Wildman–Crippen LogP) is 0.528. The van der Waals surface area contributed by atoms with E-state index in [0.29, 0.717) is 29.1 Å². The second-order valence-corrected chi connectivity index (χ2v) is 5.39. The van der Waals surface area contributed by atoms with Gasteiger partial charge < -0.3 is 21.0 Å². The van der Waals surface area contributed by atoms with Crippen molar-refractivity contribution >= 4 is 22.6 Å². The monoisotopic (exact) mass is 290 g/mol. The van der Waals surface area contributed by atoms with Gasteiger partial charge in [-0.25, -0.2) is 0 Å². The third-order valence-electron chi connectivity index (χ3n) is 3.05. The summed E-state index contributed by atoms with van der Waals surface area (Å²) in [6.07, 6.45) is 0.587. The van der Waals surface area contributed by atoms with Crippen LogP contribution in [0.1, 0.15) is 20.3 Å². The average Bonchev–Trinajstić information content (AvgIpc) is 2.39. The fourth-order valence-corrected chi connectivity index (χ4v) is 2.04. The molecule has 1 heterocycles. The second-order valence-electron chi connectivity index (χ2n) is 5.39. The Kier molecular flexibility index (Phi) is 4.23. The Labute approximate surface area is 120 Å². The number of rotatable bonds is 4. The maximum atomic E-state index is 11.9. The highest BCUT2D eigenvalue weighted by atomic mass is 16.2. The molecule has 0 aliphatic rings. The van der Waals surface area contributed by atoms with Crippen LogP contribution in [0.2, 0.25) is 0 Å². The quantitative estimate of drug-likeness (QED) is 0.614. The van der Waals surface area contributed by atoms with Gasteiger partial charge in [0.1, 0.15) is 0 Å². The van der Waals surface area contributed by atoms with Gasteiger partial charge in [0, 0.05) is 5.69 Å². The number of carbonyl (C=O) groups excluding carboxylic acids is 1. The van der Waals surface area contributed by atoms with Crippen molar-refractivity contribution in [2.45, 2.75) is 26.3 Å². The lowest BCUT2D eigenvalue weighted by atomic mass is 10.0. The van der Waals surface area contributed by atoms with E-state index in [9.17, 15) is 14.4 Å². The number of aromatic nitrogens is 2. The molecule has 2 rings (SSSR count). The number of aromatic amines is 2. The molecule has 0 fully saturated rings. The Morgan fingerprint density at radius 3 is 2.43 bits per heavy atom. The van der Waals surface area contributed by atoms with E-state index < -0.39 is 17.2 Å². The maximum absolute atomic E-state index is 11.9. The van der Waals surface area contributed by atoms with Gasteiger partial charge in [0.05, 0.1) is 17.1 Å². The minimum atomic E-state index is -0.734. The molecule has 0 saturated heterocycles. The van der Waals surface area contributed by atoms with Crippen LogP contribution in [0.5, 0.6) is 0 Å². The van der Waals surface area contributed by atoms with Crippen LogP contribution < -0.4 is 22.2 Å². The molecule has 7 heteroatoms. The lowest BCUT2D eigenvalue weighted by Gasteiger charge is -2.14. The van der Waals surface area contributed by atoms with E-state index in [1.807, 2.05) is 13.8 Å². The summed E-state index contributed by atoms with van der Waals surface area (Å²) in [6.45, 7) is 3.98. The average molecular weight is 290 g/mol. The summed E-state index contributed by atoms with van der Waals surface area (Å²) >= 11 is 0. The molecule has 21 heavy (non-hydrogen) atoms. The van der Waals surface area contributed by atoms with Crippen molar-refractivity contribution in [3.63, 3.8) is 0 Å². The number of H-pyrrole nitrogens is 2. The first-order chi connectivity index (χ1) is 9.86. The van der Waals surface area contributed by atoms with Crippen LogP contribution in [0.4, 0.5) is 5.69 Å². The third-order valence-corrected chi connectivity index (χ3v) is 3.05. The first kappa shape index (κ1) is 15.0. The molecule has 5 N–H and O–H groups in total. The Balaban J connectivity index is 2.23. The van der Waals surface area contributed by atoms with Gasteiger partial charge >= 0.3 is 11.1 Å². The molecule has 112 valence electrons. The van der Waals surface area contributed by atoms with Gasteiger partial charge in [-0.1, -0.05) is 13.8 Å². The van der Waals surface area contributed by atoms with Gasteiger partial charge in [-0.15, -0.1) is 0 Å². The van der Waals surface area contributed by atoms with Crippen molar-refractivity contribution in [1.29, 1.82) is 0 Å². The van der Waals surface area contributed by atoms with Crippen LogP contribution in [0.3, 0.4) is 0 Å². The van der Waals surface area contributed by atoms with E-state index in [4.69, 9.17) is 5.73 Å². The number of carbonyl (C=O) groups is 1. The molecule has 0 saturated carbocycles. The van der Waals surface area contributed by atoms with Crippen LogP contribution in [0, 0.1) is 5.92 Å². The summed E-state index contributed by atoms with van der Waals surface area (Å²) < 4.78 is 0. The number of hydrogen-bond donors (Lipinski definition) is 4. The number of amides is 1. The summed E-state index contributed by atoms with van der Waals surface area (Å²) in [5, 5.41) is 2.70. The van der Waals surface area contributed by atoms with E-state index in [2.05, 4.69) is 15.3 Å². The van der Waals surface area contributed by atoms with Crippen molar-refractivity contribution < 1.29 is 4.79 Å². The second kappa shape index (κ2) is 5.92. The van der Waals surface area contributed by atoms with Crippen molar-refractivity contribution in [1.82, 2.24) is 9.97 Å². The molecule has 0 spiro atoms. The highest BCUT2D eigenvalue weighted by molar-refractivity contribution is 5.96. The Bertz CT molecular complexity index is 776. The van der Waals surface area contributed by atoms with Crippen LogP contribution in [0.25, 0.3) is 11.0 Å². The minimum absolute atomic E-state index is 0.283. The van der Waals surface area contributed by atoms with E-state index >= 15 is 0 Å². The molecule has 0 aliphatic heterocycles. The Morgan fingerprint density at radius 1 is 1.19 bits per heavy atom. The lowest BCUT2D eigenvalue weighted by molar-refractivity contribution is -0.117. The highest BCUT2D eigenvalue weighted by Crippen LogP contribution is 2.14. The molecule has 0 bridgehead atoms. The number of benzene rings is 1. The van der Waals surface area contributed by atoms with Gasteiger partial charge in [0.2, 0.25) is 5.91 Å². The molecule has 0 unspecified atom stereocenters. The van der Waals surface area contributed by atoms with Crippen LogP contribution in [0.15, 0.2) is 27.8 Å². The lowest BCUT2D eigenvalue weighted by Crippen LogP contribution is -2.36. The largest absolute Gasteiger partial charge is 0.325 e. The van der Waals surface area contributed by atoms with Gasteiger partial charge in [-0.3, -0.25) is 14.4 Å². The van der Waals surface area contributed by atoms with Crippen molar-refractivity contribution in [3.05, 3.63) is 38.9 Å². The molecular formula is C14H18N4O3. The zero-order valence-electron chi connectivity index (χ0n) is 11.9. The van der Waals surface area contributed by atoms with E-state index in [-0.39, 0.29) is 5.91 Å². The SMILES string of the molecule is CC(C)C[C@H](N)C(=O)Nc1ccc2[nH]c(=O)c(=O)[nH]c2c1. The topological polar surface area (TPSA) is 121 Å². The third kappa shape index (κ3) is 3.57. The van der Waals surface area contributed by atoms with Crippen LogP contribution >= 0.6 is 0 Å².